The average Bonchev–Trinajstić information content (AvgIpc) is 2.88. The number of hydrazone groups is 1. The molecule has 0 aliphatic carbocycles. The third-order valence-corrected chi connectivity index (χ3v) is 2.79. The smallest absolute Gasteiger partial charge is 0.177 e. The second-order valence-electron chi connectivity index (χ2n) is 3.74. The quantitative estimate of drug-likeness (QED) is 0.586. The zero-order chi connectivity index (χ0) is 13.1. The predicted molar refractivity (Wildman–Crippen MR) is 73.5 cm³/mol. The van der Waals surface area contributed by atoms with E-state index in [-0.39, 0.29) is 0 Å². The fourth-order valence-corrected chi connectivity index (χ4v) is 1.72. The number of aromatic nitrogens is 4. The Morgan fingerprint density at radius 2 is 2.11 bits per heavy atom. The van der Waals surface area contributed by atoms with Gasteiger partial charge in [-0.3, -0.25) is 5.43 Å². The summed E-state index contributed by atoms with van der Waals surface area (Å²) in [6.07, 6.45) is 3.17. The van der Waals surface area contributed by atoms with Gasteiger partial charge < -0.3 is 0 Å². The van der Waals surface area contributed by atoms with E-state index in [9.17, 15) is 0 Å². The first-order chi connectivity index (χ1) is 9.33. The molecule has 0 radical (unpaired) electrons. The van der Waals surface area contributed by atoms with Crippen molar-refractivity contribution in [2.24, 2.45) is 5.10 Å². The van der Waals surface area contributed by atoms with E-state index < -0.39 is 0 Å². The van der Waals surface area contributed by atoms with Crippen LogP contribution in [0.15, 0.2) is 47.8 Å². The molecule has 3 rings (SSSR count). The van der Waals surface area contributed by atoms with Crippen molar-refractivity contribution in [1.29, 1.82) is 0 Å². The highest BCUT2D eigenvalue weighted by Crippen LogP contribution is 2.12. The lowest BCUT2D eigenvalue weighted by atomic mass is 10.2. The summed E-state index contributed by atoms with van der Waals surface area (Å²) >= 11 is 6.01. The molecule has 1 N–H and O–H groups in total. The summed E-state index contributed by atoms with van der Waals surface area (Å²) in [5.41, 5.74) is 4.34. The molecule has 2 aromatic heterocycles. The van der Waals surface area contributed by atoms with Gasteiger partial charge in [-0.1, -0.05) is 29.8 Å². The Morgan fingerprint density at radius 1 is 1.21 bits per heavy atom. The van der Waals surface area contributed by atoms with Crippen LogP contribution in [0.4, 0.5) is 5.82 Å². The molecule has 0 atom stereocenters. The van der Waals surface area contributed by atoms with Crippen LogP contribution in [0.5, 0.6) is 0 Å². The van der Waals surface area contributed by atoms with Crippen LogP contribution >= 0.6 is 11.6 Å². The maximum Gasteiger partial charge on any atom is 0.177 e. The fraction of sp³-hybridized carbons (Fsp3) is 0. The summed E-state index contributed by atoms with van der Waals surface area (Å²) in [6.45, 7) is 0. The van der Waals surface area contributed by atoms with E-state index in [0.29, 0.717) is 16.5 Å². The molecule has 3 aromatic rings. The molecule has 94 valence electrons. The molecule has 2 heterocycles. The highest BCUT2D eigenvalue weighted by molar-refractivity contribution is 6.33. The van der Waals surface area contributed by atoms with Crippen molar-refractivity contribution in [3.63, 3.8) is 0 Å². The number of halogens is 1. The lowest BCUT2D eigenvalue weighted by Crippen LogP contribution is -1.98. The van der Waals surface area contributed by atoms with Gasteiger partial charge in [0.05, 0.1) is 6.21 Å². The van der Waals surface area contributed by atoms with Gasteiger partial charge in [-0.2, -0.15) is 9.62 Å². The SMILES string of the molecule is Clc1ccccc1/C=N\Nc1ccc2nncn2n1. The number of benzene rings is 1. The van der Waals surface area contributed by atoms with Gasteiger partial charge >= 0.3 is 0 Å². The van der Waals surface area contributed by atoms with Crippen LogP contribution in [-0.4, -0.2) is 26.0 Å². The predicted octanol–water partition coefficient (Wildman–Crippen LogP) is 2.22. The average molecular weight is 273 g/mol. The van der Waals surface area contributed by atoms with E-state index in [1.807, 2.05) is 24.3 Å². The van der Waals surface area contributed by atoms with Gasteiger partial charge in [-0.05, 0) is 18.2 Å². The molecular formula is C12H9ClN6. The summed E-state index contributed by atoms with van der Waals surface area (Å²) in [6, 6.07) is 11.0. The zero-order valence-electron chi connectivity index (χ0n) is 9.73. The van der Waals surface area contributed by atoms with Crippen molar-refractivity contribution in [3.8, 4) is 0 Å². The van der Waals surface area contributed by atoms with Crippen LogP contribution in [0, 0.1) is 0 Å². The number of nitrogens with one attached hydrogen (secondary N) is 1. The highest BCUT2D eigenvalue weighted by atomic mass is 35.5. The van der Waals surface area contributed by atoms with Gasteiger partial charge in [0.1, 0.15) is 6.33 Å². The lowest BCUT2D eigenvalue weighted by molar-refractivity contribution is 0.925. The molecule has 0 saturated heterocycles. The van der Waals surface area contributed by atoms with Crippen LogP contribution in [-0.2, 0) is 0 Å². The Kier molecular flexibility index (Phi) is 3.07. The Bertz CT molecular complexity index is 736. The van der Waals surface area contributed by atoms with Gasteiger partial charge in [0, 0.05) is 10.6 Å². The Morgan fingerprint density at radius 3 is 3.00 bits per heavy atom. The molecule has 0 bridgehead atoms. The zero-order valence-corrected chi connectivity index (χ0v) is 10.5. The van der Waals surface area contributed by atoms with Crippen molar-refractivity contribution in [2.75, 3.05) is 5.43 Å². The van der Waals surface area contributed by atoms with E-state index in [1.54, 1.807) is 22.9 Å². The van der Waals surface area contributed by atoms with Crippen molar-refractivity contribution >= 4 is 29.3 Å². The Hall–Kier alpha value is -2.47. The Balaban J connectivity index is 1.76. The summed E-state index contributed by atoms with van der Waals surface area (Å²) in [5.74, 6) is 0.593. The fourth-order valence-electron chi connectivity index (χ4n) is 1.54. The number of hydrogen-bond donors (Lipinski definition) is 1. The summed E-state index contributed by atoms with van der Waals surface area (Å²) in [4.78, 5) is 0. The Labute approximate surface area is 113 Å². The van der Waals surface area contributed by atoms with Crippen LogP contribution in [0.3, 0.4) is 0 Å². The number of nitrogens with zero attached hydrogens (tertiary/aromatic N) is 5. The van der Waals surface area contributed by atoms with Gasteiger partial charge in [0.25, 0.3) is 0 Å². The number of anilines is 1. The molecule has 1 aromatic carbocycles. The second-order valence-corrected chi connectivity index (χ2v) is 4.15. The minimum absolute atomic E-state index is 0.593. The molecule has 0 fully saturated rings. The van der Waals surface area contributed by atoms with Crippen molar-refractivity contribution in [2.45, 2.75) is 0 Å². The molecule has 0 saturated carbocycles. The van der Waals surface area contributed by atoms with Crippen molar-refractivity contribution in [3.05, 3.63) is 53.3 Å². The van der Waals surface area contributed by atoms with E-state index >= 15 is 0 Å². The standard InChI is InChI=1S/C12H9ClN6/c13-10-4-2-1-3-9(10)7-14-16-11-5-6-12-17-15-8-19(12)18-11/h1-8H,(H,16,18)/b14-7-. The molecule has 7 heteroatoms. The monoisotopic (exact) mass is 272 g/mol. The van der Waals surface area contributed by atoms with Gasteiger partial charge in [0.2, 0.25) is 0 Å². The molecule has 0 spiro atoms. The molecule has 0 aliphatic heterocycles. The molecule has 0 unspecified atom stereocenters. The van der Waals surface area contributed by atoms with Crippen molar-refractivity contribution < 1.29 is 0 Å². The largest absolute Gasteiger partial charge is 0.260 e. The molecule has 0 aliphatic rings. The summed E-state index contributed by atoms with van der Waals surface area (Å²) in [7, 11) is 0. The van der Waals surface area contributed by atoms with Crippen LogP contribution < -0.4 is 5.43 Å². The summed E-state index contributed by atoms with van der Waals surface area (Å²) < 4.78 is 1.56. The third kappa shape index (κ3) is 2.53. The molecule has 0 amide bonds. The molecular weight excluding hydrogens is 264 g/mol. The lowest BCUT2D eigenvalue weighted by Gasteiger charge is -2.00. The highest BCUT2D eigenvalue weighted by Gasteiger charge is 1.98. The van der Waals surface area contributed by atoms with E-state index in [4.69, 9.17) is 11.6 Å². The van der Waals surface area contributed by atoms with Gasteiger partial charge in [-0.25, -0.2) is 0 Å². The normalized spacial score (nSPS) is 11.2. The first-order valence-corrected chi connectivity index (χ1v) is 5.91. The molecule has 19 heavy (non-hydrogen) atoms. The van der Waals surface area contributed by atoms with Gasteiger partial charge in [-0.15, -0.1) is 15.3 Å². The van der Waals surface area contributed by atoms with Crippen LogP contribution in [0.2, 0.25) is 5.02 Å². The van der Waals surface area contributed by atoms with E-state index in [1.165, 1.54) is 6.33 Å². The minimum atomic E-state index is 0.593. The van der Waals surface area contributed by atoms with E-state index in [0.717, 1.165) is 5.56 Å². The molecule has 6 nitrogen and oxygen atoms in total. The number of hydrogen-bond acceptors (Lipinski definition) is 5. The topological polar surface area (TPSA) is 67.5 Å². The van der Waals surface area contributed by atoms with E-state index in [2.05, 4.69) is 25.8 Å². The van der Waals surface area contributed by atoms with Gasteiger partial charge in [0.15, 0.2) is 11.5 Å². The second kappa shape index (κ2) is 5.03. The first-order valence-electron chi connectivity index (χ1n) is 5.53. The van der Waals surface area contributed by atoms with Crippen molar-refractivity contribution in [1.82, 2.24) is 19.8 Å². The number of fused-ring (bicyclic) bond motifs is 1. The third-order valence-electron chi connectivity index (χ3n) is 2.45. The summed E-state index contributed by atoms with van der Waals surface area (Å²) in [5, 5.41) is 16.6. The number of rotatable bonds is 3. The maximum absolute atomic E-state index is 6.01. The van der Waals surface area contributed by atoms with Crippen LogP contribution in [0.1, 0.15) is 5.56 Å². The van der Waals surface area contributed by atoms with Crippen LogP contribution in [0.25, 0.3) is 5.65 Å². The maximum atomic E-state index is 6.01. The minimum Gasteiger partial charge on any atom is -0.260 e. The first kappa shape index (κ1) is 11.6.